The fraction of sp³-hybridized carbons (Fsp3) is 0.500. The van der Waals surface area contributed by atoms with Crippen LogP contribution in [0.2, 0.25) is 0 Å². The van der Waals surface area contributed by atoms with Gasteiger partial charge in [0.1, 0.15) is 11.6 Å². The van der Waals surface area contributed by atoms with Crippen molar-refractivity contribution in [1.29, 1.82) is 0 Å². The number of nitrogens with one attached hydrogen (secondary N) is 1. The van der Waals surface area contributed by atoms with Gasteiger partial charge in [0.05, 0.1) is 6.20 Å². The van der Waals surface area contributed by atoms with Gasteiger partial charge in [-0.3, -0.25) is 4.98 Å². The Hall–Kier alpha value is -2.20. The van der Waals surface area contributed by atoms with Crippen molar-refractivity contribution >= 4 is 31.2 Å². The minimum absolute atomic E-state index is 0.673. The number of hydrogen-bond donors (Lipinski definition) is 1. The summed E-state index contributed by atoms with van der Waals surface area (Å²) in [6, 6.07) is 6.18. The van der Waals surface area contributed by atoms with E-state index in [2.05, 4.69) is 52.9 Å². The molecule has 6 nitrogen and oxygen atoms in total. The van der Waals surface area contributed by atoms with Crippen LogP contribution in [-0.4, -0.2) is 39.3 Å². The van der Waals surface area contributed by atoms with Crippen LogP contribution in [0.25, 0.3) is 5.65 Å². The Morgan fingerprint density at radius 2 is 1.93 bits per heavy atom. The summed E-state index contributed by atoms with van der Waals surface area (Å²) in [4.78, 5) is 11.6. The highest BCUT2D eigenvalue weighted by Gasteiger charge is 2.24. The number of piperidine rings is 1. The average molecular weight is 413 g/mol. The topological polar surface area (TPSA) is 58.4 Å². The molecule has 0 saturated carbocycles. The van der Waals surface area contributed by atoms with Crippen molar-refractivity contribution in [2.45, 2.75) is 40.7 Å². The van der Waals surface area contributed by atoms with Crippen LogP contribution < -0.4 is 15.5 Å². The second-order valence-electron chi connectivity index (χ2n) is 7.61. The van der Waals surface area contributed by atoms with Crippen molar-refractivity contribution in [3.63, 3.8) is 0 Å². The number of hydrogen-bond acceptors (Lipinski definition) is 5. The summed E-state index contributed by atoms with van der Waals surface area (Å²) in [5, 5.41) is 9.33. The summed E-state index contributed by atoms with van der Waals surface area (Å²) in [6.07, 6.45) is 6.93. The highest BCUT2D eigenvalue weighted by molar-refractivity contribution is 7.46. The maximum atomic E-state index is 5.00. The zero-order chi connectivity index (χ0) is 20.8. The Kier molecular flexibility index (Phi) is 7.43. The molecule has 4 rings (SSSR count). The van der Waals surface area contributed by atoms with Gasteiger partial charge < -0.3 is 10.2 Å². The lowest BCUT2D eigenvalue weighted by Gasteiger charge is -2.36. The molecule has 1 N–H and O–H groups in total. The largest absolute Gasteiger partial charge is 0.366 e. The molecular weight excluding hydrogens is 379 g/mol. The Morgan fingerprint density at radius 3 is 2.59 bits per heavy atom. The predicted octanol–water partition coefficient (Wildman–Crippen LogP) is 4.18. The number of aromatic nitrogens is 4. The molecule has 3 unspecified atom stereocenters. The summed E-state index contributed by atoms with van der Waals surface area (Å²) in [5.74, 6) is 3.41. The Morgan fingerprint density at radius 1 is 1.17 bits per heavy atom. The van der Waals surface area contributed by atoms with Crippen LogP contribution >= 0.6 is 8.58 Å². The lowest BCUT2D eigenvalue weighted by Crippen LogP contribution is -2.39. The number of fused-ring (bicyclic) bond motifs is 1. The van der Waals surface area contributed by atoms with E-state index in [0.717, 1.165) is 35.9 Å². The van der Waals surface area contributed by atoms with Crippen LogP contribution in [-0.2, 0) is 6.54 Å². The van der Waals surface area contributed by atoms with Crippen molar-refractivity contribution in [2.75, 3.05) is 30.0 Å². The first-order valence-corrected chi connectivity index (χ1v) is 12.1. The first-order chi connectivity index (χ1) is 14.1. The smallest absolute Gasteiger partial charge is 0.167 e. The molecule has 4 heterocycles. The highest BCUT2D eigenvalue weighted by Crippen LogP contribution is 2.28. The first kappa shape index (κ1) is 21.5. The van der Waals surface area contributed by atoms with E-state index in [9.17, 15) is 0 Å². The Labute approximate surface area is 175 Å². The van der Waals surface area contributed by atoms with Crippen LogP contribution in [0.15, 0.2) is 36.8 Å². The molecule has 3 aromatic rings. The van der Waals surface area contributed by atoms with Crippen LogP contribution in [0.1, 0.15) is 39.7 Å². The third kappa shape index (κ3) is 5.05. The van der Waals surface area contributed by atoms with Crippen molar-refractivity contribution < 1.29 is 0 Å². The van der Waals surface area contributed by atoms with Crippen molar-refractivity contribution in [3.8, 4) is 0 Å². The number of anilines is 2. The van der Waals surface area contributed by atoms with Crippen LogP contribution in [0.3, 0.4) is 0 Å². The fourth-order valence-electron chi connectivity index (χ4n) is 3.96. The molecule has 0 spiro atoms. The van der Waals surface area contributed by atoms with Gasteiger partial charge in [-0.05, 0) is 36.6 Å². The van der Waals surface area contributed by atoms with Gasteiger partial charge in [0.25, 0.3) is 0 Å². The molecule has 0 aliphatic carbocycles. The number of rotatable bonds is 5. The minimum atomic E-state index is 0.673. The van der Waals surface area contributed by atoms with Crippen LogP contribution in [0.5, 0.6) is 0 Å². The lowest BCUT2D eigenvalue weighted by molar-refractivity contribution is 0.355. The molecule has 1 aliphatic heterocycles. The highest BCUT2D eigenvalue weighted by atomic mass is 31.1. The molecule has 29 heavy (non-hydrogen) atoms. The summed E-state index contributed by atoms with van der Waals surface area (Å²) < 4.78 is 1.93. The van der Waals surface area contributed by atoms with Gasteiger partial charge in [0.15, 0.2) is 5.65 Å². The van der Waals surface area contributed by atoms with Gasteiger partial charge in [0.2, 0.25) is 0 Å². The molecule has 3 atom stereocenters. The molecule has 0 amide bonds. The van der Waals surface area contributed by atoms with Gasteiger partial charge in [-0.2, -0.15) is 9.61 Å². The number of nitrogens with zero attached hydrogens (tertiary/aromatic N) is 5. The van der Waals surface area contributed by atoms with E-state index in [1.54, 1.807) is 6.20 Å². The third-order valence-corrected chi connectivity index (χ3v) is 6.01. The van der Waals surface area contributed by atoms with Gasteiger partial charge in [-0.25, -0.2) is 4.98 Å². The maximum absolute atomic E-state index is 5.00. The molecule has 7 heteroatoms. The van der Waals surface area contributed by atoms with E-state index < -0.39 is 0 Å². The van der Waals surface area contributed by atoms with Gasteiger partial charge in [-0.1, -0.05) is 42.3 Å². The normalized spacial score (nSPS) is 19.4. The van der Waals surface area contributed by atoms with E-state index >= 15 is 0 Å². The van der Waals surface area contributed by atoms with Gasteiger partial charge >= 0.3 is 0 Å². The second-order valence-corrected chi connectivity index (χ2v) is 8.65. The fourth-order valence-corrected chi connectivity index (χ4v) is 4.53. The monoisotopic (exact) mass is 412 g/mol. The zero-order valence-corrected chi connectivity index (χ0v) is 19.2. The molecule has 1 saturated heterocycles. The van der Waals surface area contributed by atoms with E-state index in [4.69, 9.17) is 4.98 Å². The zero-order valence-electron chi connectivity index (χ0n) is 18.2. The van der Waals surface area contributed by atoms with E-state index in [-0.39, 0.29) is 0 Å². The molecular formula is C22H33N6P. The Bertz CT molecular complexity index is 900. The summed E-state index contributed by atoms with van der Waals surface area (Å²) in [7, 11) is 0.673. The quantitative estimate of drug-likeness (QED) is 0.637. The SMILES string of the molecule is CC.CPc1cnn2c(NCc3cccnc3)cc(N3CC(C)CC(C)C3)nc12. The van der Waals surface area contributed by atoms with Gasteiger partial charge in [-0.15, -0.1) is 0 Å². The molecule has 156 valence electrons. The number of pyridine rings is 1. The van der Waals surface area contributed by atoms with E-state index in [0.29, 0.717) is 27.0 Å². The maximum Gasteiger partial charge on any atom is 0.167 e. The molecule has 0 bridgehead atoms. The lowest BCUT2D eigenvalue weighted by atomic mass is 9.92. The van der Waals surface area contributed by atoms with Crippen LogP contribution in [0.4, 0.5) is 11.6 Å². The van der Waals surface area contributed by atoms with Crippen molar-refractivity contribution in [3.05, 3.63) is 42.4 Å². The van der Waals surface area contributed by atoms with Gasteiger partial charge in [0, 0.05) is 43.4 Å². The molecule has 3 aromatic heterocycles. The molecule has 0 aromatic carbocycles. The molecule has 1 aliphatic rings. The summed E-state index contributed by atoms with van der Waals surface area (Å²) in [6.45, 7) is 13.7. The van der Waals surface area contributed by atoms with Crippen molar-refractivity contribution in [1.82, 2.24) is 19.6 Å². The van der Waals surface area contributed by atoms with Crippen molar-refractivity contribution in [2.24, 2.45) is 11.8 Å². The predicted molar refractivity (Wildman–Crippen MR) is 125 cm³/mol. The Balaban J connectivity index is 0.00000117. The van der Waals surface area contributed by atoms with Crippen LogP contribution in [0, 0.1) is 11.8 Å². The summed E-state index contributed by atoms with van der Waals surface area (Å²) in [5.41, 5.74) is 2.11. The average Bonchev–Trinajstić information content (AvgIpc) is 3.17. The summed E-state index contributed by atoms with van der Waals surface area (Å²) >= 11 is 0. The van der Waals surface area contributed by atoms with E-state index in [1.807, 2.05) is 36.8 Å². The molecule has 0 radical (unpaired) electrons. The third-order valence-electron chi connectivity index (χ3n) is 5.12. The molecule has 1 fully saturated rings. The standard InChI is InChI=1S/C20H27N6P.C2H6/c1-14-7-15(2)13-25(12-14)19-8-18(22-10-16-5-4-6-21-9-16)26-20(24-19)17(27-3)11-23-26;1-2/h4-6,8-9,11,14-15,22,27H,7,10,12-13H2,1-3H3;1-2H3. The van der Waals surface area contributed by atoms with E-state index in [1.165, 1.54) is 11.7 Å². The second kappa shape index (κ2) is 10.0. The first-order valence-electron chi connectivity index (χ1n) is 10.6. The minimum Gasteiger partial charge on any atom is -0.366 e.